The van der Waals surface area contributed by atoms with Crippen molar-refractivity contribution in [2.24, 2.45) is 5.92 Å². The van der Waals surface area contributed by atoms with Gasteiger partial charge in [-0.3, -0.25) is 15.0 Å². The summed E-state index contributed by atoms with van der Waals surface area (Å²) in [7, 11) is 0. The molecule has 0 unspecified atom stereocenters. The maximum absolute atomic E-state index is 13.3. The quantitative estimate of drug-likeness (QED) is 0.678. The zero-order valence-electron chi connectivity index (χ0n) is 11.2. The van der Waals surface area contributed by atoms with E-state index in [2.05, 4.69) is 10.2 Å². The summed E-state index contributed by atoms with van der Waals surface area (Å²) >= 11 is 0. The number of benzene rings is 1. The molecule has 1 aromatic carbocycles. The van der Waals surface area contributed by atoms with Gasteiger partial charge in [0.25, 0.3) is 5.69 Å². The number of piperidine rings is 1. The lowest BCUT2D eigenvalue weighted by molar-refractivity contribution is -0.385. The zero-order valence-corrected chi connectivity index (χ0v) is 11.2. The van der Waals surface area contributed by atoms with E-state index in [1.165, 1.54) is 25.0 Å². The van der Waals surface area contributed by atoms with E-state index in [0.717, 1.165) is 25.7 Å². The fourth-order valence-corrected chi connectivity index (χ4v) is 3.36. The van der Waals surface area contributed by atoms with E-state index in [4.69, 9.17) is 0 Å². The minimum absolute atomic E-state index is 0.00855. The summed E-state index contributed by atoms with van der Waals surface area (Å²) in [6.07, 6.45) is 2.40. The van der Waals surface area contributed by atoms with Crippen LogP contribution in [0, 0.1) is 21.8 Å². The Morgan fingerprint density at radius 1 is 1.45 bits per heavy atom. The smallest absolute Gasteiger partial charge is 0.274 e. The Balaban J connectivity index is 1.75. The Morgan fingerprint density at radius 3 is 3.05 bits per heavy atom. The third-order valence-corrected chi connectivity index (χ3v) is 4.31. The van der Waals surface area contributed by atoms with Crippen molar-refractivity contribution in [3.8, 4) is 0 Å². The van der Waals surface area contributed by atoms with Crippen molar-refractivity contribution in [1.82, 2.24) is 10.2 Å². The molecular formula is C14H18FN3O2. The van der Waals surface area contributed by atoms with Gasteiger partial charge in [-0.05, 0) is 37.4 Å². The van der Waals surface area contributed by atoms with Crippen molar-refractivity contribution in [3.63, 3.8) is 0 Å². The molecule has 0 aromatic heterocycles. The van der Waals surface area contributed by atoms with Gasteiger partial charge in [-0.2, -0.15) is 0 Å². The van der Waals surface area contributed by atoms with Crippen LogP contribution in [0.5, 0.6) is 0 Å². The molecule has 0 radical (unpaired) electrons. The molecule has 2 fully saturated rings. The van der Waals surface area contributed by atoms with Crippen LogP contribution < -0.4 is 5.32 Å². The molecule has 0 aliphatic carbocycles. The highest BCUT2D eigenvalue weighted by molar-refractivity contribution is 5.40. The molecular weight excluding hydrogens is 261 g/mol. The van der Waals surface area contributed by atoms with E-state index >= 15 is 0 Å². The van der Waals surface area contributed by atoms with Crippen LogP contribution in [0.1, 0.15) is 18.4 Å². The second-order valence-corrected chi connectivity index (χ2v) is 5.69. The topological polar surface area (TPSA) is 58.4 Å². The third kappa shape index (κ3) is 2.66. The number of fused-ring (bicyclic) bond motifs is 1. The summed E-state index contributed by atoms with van der Waals surface area (Å²) in [5.41, 5.74) is 0.475. The van der Waals surface area contributed by atoms with Crippen molar-refractivity contribution in [2.75, 3.05) is 19.6 Å². The molecule has 2 heterocycles. The van der Waals surface area contributed by atoms with Gasteiger partial charge in [-0.1, -0.05) is 0 Å². The number of halogens is 1. The Kier molecular flexibility index (Phi) is 3.67. The highest BCUT2D eigenvalue weighted by Gasteiger charge is 2.34. The number of nitrogens with one attached hydrogen (secondary N) is 1. The molecule has 0 spiro atoms. The van der Waals surface area contributed by atoms with E-state index in [1.54, 1.807) is 0 Å². The Morgan fingerprint density at radius 2 is 2.30 bits per heavy atom. The van der Waals surface area contributed by atoms with Crippen LogP contribution in [0.15, 0.2) is 18.2 Å². The van der Waals surface area contributed by atoms with Crippen molar-refractivity contribution in [3.05, 3.63) is 39.7 Å². The van der Waals surface area contributed by atoms with Gasteiger partial charge in [0.15, 0.2) is 0 Å². The Labute approximate surface area is 116 Å². The van der Waals surface area contributed by atoms with Crippen LogP contribution in [0.2, 0.25) is 0 Å². The summed E-state index contributed by atoms with van der Waals surface area (Å²) in [4.78, 5) is 12.8. The molecule has 108 valence electrons. The molecule has 1 N–H and O–H groups in total. The second kappa shape index (κ2) is 5.46. The monoisotopic (exact) mass is 279 g/mol. The standard InChI is InChI=1S/C14H18FN3O2/c15-12-3-4-14(18(19)20)11(6-12)8-17-7-10-2-1-5-16-13(10)9-17/h3-4,6,10,13,16H,1-2,5,7-9H2/t10-,13+/m0/s1. The minimum atomic E-state index is -0.434. The number of nitrogens with zero attached hydrogens (tertiary/aromatic N) is 2. The van der Waals surface area contributed by atoms with Crippen molar-refractivity contribution in [2.45, 2.75) is 25.4 Å². The van der Waals surface area contributed by atoms with Crippen LogP contribution in [0.4, 0.5) is 10.1 Å². The average molecular weight is 279 g/mol. The molecule has 3 rings (SSSR count). The normalized spacial score (nSPS) is 26.4. The van der Waals surface area contributed by atoms with Crippen LogP contribution >= 0.6 is 0 Å². The largest absolute Gasteiger partial charge is 0.312 e. The van der Waals surface area contributed by atoms with Crippen LogP contribution in [0.3, 0.4) is 0 Å². The molecule has 0 saturated carbocycles. The third-order valence-electron chi connectivity index (χ3n) is 4.31. The first kappa shape index (κ1) is 13.5. The molecule has 2 aliphatic rings. The first-order valence-corrected chi connectivity index (χ1v) is 7.02. The van der Waals surface area contributed by atoms with Crippen LogP contribution in [0.25, 0.3) is 0 Å². The first-order chi connectivity index (χ1) is 9.63. The molecule has 1 aromatic rings. The maximum atomic E-state index is 13.3. The zero-order chi connectivity index (χ0) is 14.1. The lowest BCUT2D eigenvalue weighted by Gasteiger charge is -2.24. The molecule has 0 bridgehead atoms. The fraction of sp³-hybridized carbons (Fsp3) is 0.571. The summed E-state index contributed by atoms with van der Waals surface area (Å²) < 4.78 is 13.3. The number of hydrogen-bond donors (Lipinski definition) is 1. The number of rotatable bonds is 3. The first-order valence-electron chi connectivity index (χ1n) is 7.02. The van der Waals surface area contributed by atoms with Crippen LogP contribution in [-0.2, 0) is 6.54 Å². The predicted octanol–water partition coefficient (Wildman–Crippen LogP) is 1.92. The van der Waals surface area contributed by atoms with Gasteiger partial charge in [-0.25, -0.2) is 4.39 Å². The predicted molar refractivity (Wildman–Crippen MR) is 72.8 cm³/mol. The van der Waals surface area contributed by atoms with Crippen molar-refractivity contribution in [1.29, 1.82) is 0 Å². The number of nitro groups is 1. The van der Waals surface area contributed by atoms with Crippen LogP contribution in [-0.4, -0.2) is 35.5 Å². The summed E-state index contributed by atoms with van der Waals surface area (Å²) in [5, 5.41) is 14.5. The molecule has 20 heavy (non-hydrogen) atoms. The van der Waals surface area contributed by atoms with E-state index in [1.807, 2.05) is 0 Å². The van der Waals surface area contributed by atoms with E-state index < -0.39 is 10.7 Å². The van der Waals surface area contributed by atoms with Gasteiger partial charge >= 0.3 is 0 Å². The van der Waals surface area contributed by atoms with Gasteiger partial charge in [0.1, 0.15) is 5.82 Å². The average Bonchev–Trinajstić information content (AvgIpc) is 2.80. The summed E-state index contributed by atoms with van der Waals surface area (Å²) in [6, 6.07) is 4.17. The lowest BCUT2D eigenvalue weighted by Crippen LogP contribution is -2.40. The number of nitro benzene ring substituents is 1. The van der Waals surface area contributed by atoms with E-state index in [9.17, 15) is 14.5 Å². The van der Waals surface area contributed by atoms with Gasteiger partial charge in [0.2, 0.25) is 0 Å². The van der Waals surface area contributed by atoms with Gasteiger partial charge in [-0.15, -0.1) is 0 Å². The second-order valence-electron chi connectivity index (χ2n) is 5.69. The molecule has 6 heteroatoms. The minimum Gasteiger partial charge on any atom is -0.312 e. The summed E-state index contributed by atoms with van der Waals surface area (Å²) in [6.45, 7) is 3.32. The van der Waals surface area contributed by atoms with Gasteiger partial charge in [0.05, 0.1) is 4.92 Å². The highest BCUT2D eigenvalue weighted by atomic mass is 19.1. The maximum Gasteiger partial charge on any atom is 0.274 e. The molecule has 2 aliphatic heterocycles. The Bertz CT molecular complexity index is 509. The van der Waals surface area contributed by atoms with E-state index in [0.29, 0.717) is 24.1 Å². The lowest BCUT2D eigenvalue weighted by atomic mass is 9.94. The van der Waals surface area contributed by atoms with E-state index in [-0.39, 0.29) is 5.69 Å². The van der Waals surface area contributed by atoms with Gasteiger partial charge < -0.3 is 5.32 Å². The SMILES string of the molecule is O=[N+]([O-])c1ccc(F)cc1CN1C[C@@H]2CCCN[C@@H]2C1. The Hall–Kier alpha value is -1.53. The number of likely N-dealkylation sites (tertiary alicyclic amines) is 1. The molecule has 0 amide bonds. The molecule has 2 atom stereocenters. The number of hydrogen-bond acceptors (Lipinski definition) is 4. The van der Waals surface area contributed by atoms with Crippen molar-refractivity contribution >= 4 is 5.69 Å². The molecule has 2 saturated heterocycles. The molecule has 5 nitrogen and oxygen atoms in total. The van der Waals surface area contributed by atoms with Gasteiger partial charge in [0, 0.05) is 37.3 Å². The fourth-order valence-electron chi connectivity index (χ4n) is 3.36. The highest BCUT2D eigenvalue weighted by Crippen LogP contribution is 2.28. The summed E-state index contributed by atoms with van der Waals surface area (Å²) in [5.74, 6) is 0.205. The van der Waals surface area contributed by atoms with Crippen molar-refractivity contribution < 1.29 is 9.31 Å².